The van der Waals surface area contributed by atoms with Gasteiger partial charge in [-0.2, -0.15) is 5.10 Å². The van der Waals surface area contributed by atoms with E-state index in [1.807, 2.05) is 4.90 Å². The maximum absolute atomic E-state index is 15.6. The van der Waals surface area contributed by atoms with Crippen LogP contribution >= 0.6 is 23.2 Å². The number of nitrogens with one attached hydrogen (secondary N) is 1. The van der Waals surface area contributed by atoms with Crippen molar-refractivity contribution >= 4 is 46.6 Å². The molecule has 0 radical (unpaired) electrons. The van der Waals surface area contributed by atoms with Crippen LogP contribution in [0.4, 0.5) is 14.5 Å². The smallest absolute Gasteiger partial charge is 0.291 e. The summed E-state index contributed by atoms with van der Waals surface area (Å²) in [5.41, 5.74) is 1.48. The van der Waals surface area contributed by atoms with Gasteiger partial charge >= 0.3 is 0 Å². The number of carbonyl (C=O) groups excluding carboxylic acids is 3. The number of methoxy groups -OCH3 is 1. The maximum Gasteiger partial charge on any atom is 0.291 e. The molecular formula is C37H43Cl2F2N8O4+. The topological polar surface area (TPSA) is 115 Å². The molecule has 282 valence electrons. The molecule has 1 N–H and O–H groups in total. The largest absolute Gasteiger partial charge is 0.383 e. The Labute approximate surface area is 316 Å². The minimum atomic E-state index is -1.16. The monoisotopic (exact) mass is 771 g/mol. The number of likely N-dealkylation sites (tertiary alicyclic amines) is 1. The summed E-state index contributed by atoms with van der Waals surface area (Å²) >= 11 is 13.0. The molecule has 0 saturated carbocycles. The first kappa shape index (κ1) is 38.4. The van der Waals surface area contributed by atoms with Crippen LogP contribution in [0.2, 0.25) is 10.2 Å². The molecule has 0 spiro atoms. The predicted molar refractivity (Wildman–Crippen MR) is 198 cm³/mol. The van der Waals surface area contributed by atoms with E-state index in [9.17, 15) is 14.4 Å². The lowest BCUT2D eigenvalue weighted by molar-refractivity contribution is -0.895. The fraction of sp³-hybridized carbons (Fsp3) is 0.432. The van der Waals surface area contributed by atoms with E-state index in [0.717, 1.165) is 30.4 Å². The normalized spacial score (nSPS) is 16.2. The molecule has 2 aliphatic rings. The summed E-state index contributed by atoms with van der Waals surface area (Å²) in [6.45, 7) is 6.27. The molecule has 53 heavy (non-hydrogen) atoms. The Hall–Kier alpha value is -4.37. The average molecular weight is 773 g/mol. The standard InChI is InChI=1S/C37H42Cl2F2N8O4/c1-22-28(21-42-48(22)16-19-53-5)25-8-9-27(31(41)30(25)40)32-33(39)44-34(45(32)2)35(50)43-24-6-7-26(29(38)20-24)37(52)47-14-12-46(13-15-47)36(51)23-10-17-49(3,4)18-11-23/h6-9,20-21,23H,10-19H2,1-5H3/p+1. The second-order valence-electron chi connectivity index (χ2n) is 14.2. The van der Waals surface area contributed by atoms with Gasteiger partial charge in [-0.1, -0.05) is 29.3 Å². The van der Waals surface area contributed by atoms with Gasteiger partial charge in [0.05, 0.1) is 62.8 Å². The van der Waals surface area contributed by atoms with E-state index >= 15 is 8.78 Å². The first-order chi connectivity index (χ1) is 25.2. The number of quaternary nitrogens is 1. The molecule has 6 rings (SSSR count). The molecule has 16 heteroatoms. The van der Waals surface area contributed by atoms with Crippen molar-refractivity contribution in [3.05, 3.63) is 75.4 Å². The first-order valence-electron chi connectivity index (χ1n) is 17.4. The summed E-state index contributed by atoms with van der Waals surface area (Å²) < 4.78 is 40.1. The number of piperidine rings is 1. The molecule has 2 aromatic carbocycles. The zero-order valence-electron chi connectivity index (χ0n) is 30.4. The number of benzene rings is 2. The highest BCUT2D eigenvalue weighted by molar-refractivity contribution is 6.34. The van der Waals surface area contributed by atoms with Crippen LogP contribution in [-0.2, 0) is 23.1 Å². The number of aromatic nitrogens is 4. The van der Waals surface area contributed by atoms with E-state index in [2.05, 4.69) is 29.5 Å². The number of carbonyl (C=O) groups is 3. The lowest BCUT2D eigenvalue weighted by atomic mass is 9.94. The van der Waals surface area contributed by atoms with E-state index < -0.39 is 17.5 Å². The van der Waals surface area contributed by atoms with Crippen LogP contribution in [-0.4, -0.2) is 118 Å². The third-order valence-electron chi connectivity index (χ3n) is 10.3. The minimum absolute atomic E-state index is 0.00925. The summed E-state index contributed by atoms with van der Waals surface area (Å²) in [6, 6.07) is 7.34. The van der Waals surface area contributed by atoms with Crippen molar-refractivity contribution in [2.45, 2.75) is 26.3 Å². The number of rotatable bonds is 9. The van der Waals surface area contributed by atoms with Gasteiger partial charge in [0.2, 0.25) is 11.7 Å². The average Bonchev–Trinajstić information content (AvgIpc) is 3.65. The molecule has 4 heterocycles. The van der Waals surface area contributed by atoms with Crippen molar-refractivity contribution in [3.63, 3.8) is 0 Å². The molecule has 2 aliphatic heterocycles. The van der Waals surface area contributed by atoms with E-state index in [-0.39, 0.29) is 61.8 Å². The van der Waals surface area contributed by atoms with Crippen molar-refractivity contribution in [3.8, 4) is 22.4 Å². The van der Waals surface area contributed by atoms with E-state index in [1.165, 1.54) is 42.1 Å². The summed E-state index contributed by atoms with van der Waals surface area (Å²) in [4.78, 5) is 47.6. The number of nitrogens with zero attached hydrogens (tertiary/aromatic N) is 7. The summed E-state index contributed by atoms with van der Waals surface area (Å²) in [5, 5.41) is 6.88. The van der Waals surface area contributed by atoms with Crippen molar-refractivity contribution < 1.29 is 32.4 Å². The Morgan fingerprint density at radius 3 is 2.26 bits per heavy atom. The predicted octanol–water partition coefficient (Wildman–Crippen LogP) is 5.51. The Morgan fingerprint density at radius 2 is 1.60 bits per heavy atom. The number of hydrogen-bond acceptors (Lipinski definition) is 6. The number of hydrogen-bond donors (Lipinski definition) is 1. The van der Waals surface area contributed by atoms with Crippen LogP contribution in [0.3, 0.4) is 0 Å². The zero-order chi connectivity index (χ0) is 38.2. The van der Waals surface area contributed by atoms with Gasteiger partial charge in [-0.05, 0) is 31.2 Å². The first-order valence-corrected chi connectivity index (χ1v) is 18.2. The van der Waals surface area contributed by atoms with Gasteiger partial charge in [0, 0.05) is 87.2 Å². The second kappa shape index (κ2) is 15.5. The van der Waals surface area contributed by atoms with Crippen LogP contribution in [0.15, 0.2) is 36.5 Å². The fourth-order valence-electron chi connectivity index (χ4n) is 7.04. The van der Waals surface area contributed by atoms with Crippen LogP contribution in [0.5, 0.6) is 0 Å². The van der Waals surface area contributed by atoms with Gasteiger partial charge in [-0.25, -0.2) is 13.8 Å². The minimum Gasteiger partial charge on any atom is -0.383 e. The van der Waals surface area contributed by atoms with Gasteiger partial charge < -0.3 is 28.9 Å². The van der Waals surface area contributed by atoms with Crippen molar-refractivity contribution in [2.75, 3.05) is 72.4 Å². The molecule has 2 aromatic heterocycles. The van der Waals surface area contributed by atoms with E-state index in [0.29, 0.717) is 50.6 Å². The highest BCUT2D eigenvalue weighted by Gasteiger charge is 2.35. The maximum atomic E-state index is 15.6. The van der Waals surface area contributed by atoms with Crippen molar-refractivity contribution in [1.29, 1.82) is 0 Å². The van der Waals surface area contributed by atoms with Crippen LogP contribution in [0, 0.1) is 24.5 Å². The molecular weight excluding hydrogens is 729 g/mol. The molecule has 0 aliphatic carbocycles. The quantitative estimate of drug-likeness (QED) is 0.225. The summed E-state index contributed by atoms with van der Waals surface area (Å²) in [7, 11) is 7.40. The Morgan fingerprint density at radius 1 is 0.962 bits per heavy atom. The van der Waals surface area contributed by atoms with Gasteiger partial charge in [0.15, 0.2) is 16.8 Å². The fourth-order valence-corrected chi connectivity index (χ4v) is 7.61. The number of ether oxygens (including phenoxy) is 1. The SMILES string of the molecule is COCCn1ncc(-c2ccc(-c3c(Cl)nc(C(=O)Nc4ccc(C(=O)N5CCN(C(=O)C6CC[N+](C)(C)CC6)CC5)c(Cl)c4)n3C)c(F)c2F)c1C. The number of anilines is 1. The molecule has 0 atom stereocenters. The van der Waals surface area contributed by atoms with Crippen LogP contribution in [0.1, 0.15) is 39.5 Å². The Bertz CT molecular complexity index is 2050. The molecule has 3 amide bonds. The number of halogens is 4. The van der Waals surface area contributed by atoms with Crippen LogP contribution < -0.4 is 5.32 Å². The summed E-state index contributed by atoms with van der Waals surface area (Å²) in [6.07, 6.45) is 3.21. The van der Waals surface area contributed by atoms with Gasteiger partial charge in [0.25, 0.3) is 11.8 Å². The molecule has 12 nitrogen and oxygen atoms in total. The molecule has 0 unspecified atom stereocenters. The number of amides is 3. The van der Waals surface area contributed by atoms with E-state index in [1.54, 1.807) is 29.7 Å². The third kappa shape index (κ3) is 7.82. The number of imidazole rings is 1. The second-order valence-corrected chi connectivity index (χ2v) is 15.0. The Kier molecular flexibility index (Phi) is 11.2. The van der Waals surface area contributed by atoms with Crippen molar-refractivity contribution in [1.82, 2.24) is 29.1 Å². The lowest BCUT2D eigenvalue weighted by Gasteiger charge is -2.40. The highest BCUT2D eigenvalue weighted by atomic mass is 35.5. The van der Waals surface area contributed by atoms with E-state index in [4.69, 9.17) is 27.9 Å². The molecule has 2 saturated heterocycles. The zero-order valence-corrected chi connectivity index (χ0v) is 31.9. The summed E-state index contributed by atoms with van der Waals surface area (Å²) in [5.74, 6) is -3.17. The van der Waals surface area contributed by atoms with Crippen LogP contribution in [0.25, 0.3) is 22.4 Å². The molecule has 4 aromatic rings. The molecule has 0 bridgehead atoms. The van der Waals surface area contributed by atoms with Gasteiger partial charge in [0.1, 0.15) is 0 Å². The number of piperazine rings is 1. The van der Waals surface area contributed by atoms with Gasteiger partial charge in [-0.15, -0.1) is 0 Å². The highest BCUT2D eigenvalue weighted by Crippen LogP contribution is 2.36. The Balaban J connectivity index is 1.11. The molecule has 2 fully saturated rings. The third-order valence-corrected chi connectivity index (χ3v) is 10.9. The lowest BCUT2D eigenvalue weighted by Crippen LogP contribution is -2.54. The van der Waals surface area contributed by atoms with Gasteiger partial charge in [-0.3, -0.25) is 19.1 Å². The van der Waals surface area contributed by atoms with Crippen molar-refractivity contribution in [2.24, 2.45) is 13.0 Å².